The predicted octanol–water partition coefficient (Wildman–Crippen LogP) is 13.7. The van der Waals surface area contributed by atoms with E-state index in [4.69, 9.17) is 14.2 Å². The molecular weight excluding hydrogens is 811 g/mol. The highest BCUT2D eigenvalue weighted by atomic mass is 16.6. The summed E-state index contributed by atoms with van der Waals surface area (Å²) >= 11 is 0. The Labute approximate surface area is 398 Å². The van der Waals surface area contributed by atoms with Crippen molar-refractivity contribution in [3.8, 4) is 0 Å². The Morgan fingerprint density at radius 3 is 1.34 bits per heavy atom. The highest BCUT2D eigenvalue weighted by Gasteiger charge is 2.25. The van der Waals surface area contributed by atoms with E-state index < -0.39 is 18.1 Å². The number of aliphatic carboxylic acids is 1. The van der Waals surface area contributed by atoms with Gasteiger partial charge in [0.2, 0.25) is 0 Å². The van der Waals surface area contributed by atoms with E-state index in [1.54, 1.807) is 21.1 Å². The normalized spacial score (nSPS) is 13.7. The third-order valence-corrected chi connectivity index (χ3v) is 11.0. The minimum Gasteiger partial charge on any atom is -0.544 e. The van der Waals surface area contributed by atoms with Gasteiger partial charge in [-0.3, -0.25) is 9.59 Å². The minimum atomic E-state index is -1.14. The van der Waals surface area contributed by atoms with Crippen LogP contribution >= 0.6 is 0 Å². The fourth-order valence-electron chi connectivity index (χ4n) is 7.00. The molecule has 0 bridgehead atoms. The molecule has 0 spiro atoms. The molecule has 0 heterocycles. The number of ether oxygens (including phenoxy) is 3. The molecule has 370 valence electrons. The standard InChI is InChI=1S/C57H95NO7/c1-6-8-10-12-14-16-18-20-22-24-26-27-28-29-30-32-33-35-37-39-41-43-45-47-55(59)64-52-53(51-63-50-49-54(57(61)62)58(3,4)5)65-56(60)48-46-44-42-40-38-36-34-31-25-23-21-19-17-15-13-11-9-7-2/h8,10,14,16,20,22,26-27,29-31,33-35,39,41,53-54H,6-7,9,11-13,15,17-19,21,23-25,28,32,36-38,40,42-52H2,1-5H3/b10-8+,16-14+,22-20+,27-26+,30-29+,34-31+,35-33+,41-39+. The van der Waals surface area contributed by atoms with Gasteiger partial charge in [-0.15, -0.1) is 0 Å². The van der Waals surface area contributed by atoms with E-state index in [0.29, 0.717) is 12.8 Å². The molecule has 0 aliphatic heterocycles. The summed E-state index contributed by atoms with van der Waals surface area (Å²) in [6.07, 6.45) is 63.0. The minimum absolute atomic E-state index is 0.0138. The highest BCUT2D eigenvalue weighted by molar-refractivity contribution is 5.70. The Morgan fingerprint density at radius 1 is 0.477 bits per heavy atom. The van der Waals surface area contributed by atoms with Crippen molar-refractivity contribution in [3.63, 3.8) is 0 Å². The number of carbonyl (C=O) groups is 3. The van der Waals surface area contributed by atoms with Crippen molar-refractivity contribution in [1.82, 2.24) is 0 Å². The lowest BCUT2D eigenvalue weighted by atomic mass is 10.1. The third-order valence-electron chi connectivity index (χ3n) is 11.0. The number of hydrogen-bond acceptors (Lipinski definition) is 7. The van der Waals surface area contributed by atoms with Crippen molar-refractivity contribution in [1.29, 1.82) is 0 Å². The van der Waals surface area contributed by atoms with Crippen LogP contribution < -0.4 is 5.11 Å². The number of carboxylic acid groups (broad SMARTS) is 1. The number of allylic oxidation sites excluding steroid dienone is 16. The molecule has 2 unspecified atom stereocenters. The Kier molecular flexibility index (Phi) is 44.1. The number of rotatable bonds is 45. The Morgan fingerprint density at radius 2 is 0.877 bits per heavy atom. The average molecular weight is 906 g/mol. The van der Waals surface area contributed by atoms with Crippen molar-refractivity contribution in [2.24, 2.45) is 0 Å². The van der Waals surface area contributed by atoms with Gasteiger partial charge in [-0.25, -0.2) is 0 Å². The van der Waals surface area contributed by atoms with E-state index in [-0.39, 0.29) is 49.1 Å². The van der Waals surface area contributed by atoms with Gasteiger partial charge in [0.1, 0.15) is 12.6 Å². The smallest absolute Gasteiger partial charge is 0.306 e. The first-order valence-electron chi connectivity index (χ1n) is 25.8. The molecule has 0 aromatic carbocycles. The maximum atomic E-state index is 12.8. The largest absolute Gasteiger partial charge is 0.544 e. The van der Waals surface area contributed by atoms with Gasteiger partial charge in [0.05, 0.1) is 40.3 Å². The summed E-state index contributed by atoms with van der Waals surface area (Å²) in [5.74, 6) is -1.83. The van der Waals surface area contributed by atoms with Crippen LogP contribution in [-0.2, 0) is 28.6 Å². The van der Waals surface area contributed by atoms with Gasteiger partial charge in [-0.05, 0) is 89.9 Å². The average Bonchev–Trinajstić information content (AvgIpc) is 3.27. The van der Waals surface area contributed by atoms with Crippen molar-refractivity contribution in [3.05, 3.63) is 97.2 Å². The second-order valence-corrected chi connectivity index (χ2v) is 18.0. The lowest BCUT2D eigenvalue weighted by Crippen LogP contribution is -2.55. The van der Waals surface area contributed by atoms with E-state index >= 15 is 0 Å². The summed E-state index contributed by atoms with van der Waals surface area (Å²) in [6.45, 7) is 4.48. The van der Waals surface area contributed by atoms with Gasteiger partial charge in [0.15, 0.2) is 6.10 Å². The zero-order valence-corrected chi connectivity index (χ0v) is 42.1. The summed E-state index contributed by atoms with van der Waals surface area (Å²) in [7, 11) is 5.39. The van der Waals surface area contributed by atoms with Crippen molar-refractivity contribution in [2.45, 2.75) is 206 Å². The highest BCUT2D eigenvalue weighted by Crippen LogP contribution is 2.13. The van der Waals surface area contributed by atoms with Gasteiger partial charge in [-0.1, -0.05) is 182 Å². The van der Waals surface area contributed by atoms with E-state index in [0.717, 1.165) is 89.9 Å². The summed E-state index contributed by atoms with van der Waals surface area (Å²) in [6, 6.07) is -0.742. The van der Waals surface area contributed by atoms with Crippen LogP contribution in [0, 0.1) is 0 Å². The van der Waals surface area contributed by atoms with Gasteiger partial charge in [0.25, 0.3) is 0 Å². The van der Waals surface area contributed by atoms with E-state index in [2.05, 4.69) is 111 Å². The molecule has 0 aliphatic rings. The molecule has 65 heavy (non-hydrogen) atoms. The number of unbranched alkanes of at least 4 members (excludes halogenated alkanes) is 15. The topological polar surface area (TPSA) is 102 Å². The second-order valence-electron chi connectivity index (χ2n) is 18.0. The van der Waals surface area contributed by atoms with Crippen molar-refractivity contribution >= 4 is 17.9 Å². The first-order chi connectivity index (χ1) is 31.6. The van der Waals surface area contributed by atoms with E-state index in [9.17, 15) is 19.5 Å². The Hall–Kier alpha value is -3.75. The first-order valence-corrected chi connectivity index (χ1v) is 25.8. The number of quaternary nitrogens is 1. The van der Waals surface area contributed by atoms with E-state index in [1.165, 1.54) is 64.2 Å². The molecule has 8 nitrogen and oxygen atoms in total. The zero-order chi connectivity index (χ0) is 47.7. The first kappa shape index (κ1) is 61.2. The van der Waals surface area contributed by atoms with Crippen molar-refractivity contribution in [2.75, 3.05) is 41.0 Å². The number of nitrogens with zero attached hydrogens (tertiary/aromatic N) is 1. The molecule has 0 fully saturated rings. The summed E-state index contributed by atoms with van der Waals surface area (Å²) in [5.41, 5.74) is 0. The number of hydrogen-bond donors (Lipinski definition) is 0. The predicted molar refractivity (Wildman–Crippen MR) is 272 cm³/mol. The van der Waals surface area contributed by atoms with Crippen molar-refractivity contribution < 1.29 is 38.2 Å². The number of likely N-dealkylation sites (N-methyl/N-ethyl adjacent to an activating group) is 1. The zero-order valence-electron chi connectivity index (χ0n) is 42.1. The molecular formula is C57H95NO7. The van der Waals surface area contributed by atoms with Crippen LogP contribution in [0.25, 0.3) is 0 Å². The van der Waals surface area contributed by atoms with Crippen LogP contribution in [0.15, 0.2) is 97.2 Å². The molecule has 8 heteroatoms. The van der Waals surface area contributed by atoms with Gasteiger partial charge < -0.3 is 28.6 Å². The fraction of sp³-hybridized carbons (Fsp3) is 0.667. The Balaban J connectivity index is 4.39. The molecule has 0 aromatic heterocycles. The van der Waals surface area contributed by atoms with Crippen LogP contribution in [0.4, 0.5) is 0 Å². The van der Waals surface area contributed by atoms with Crippen LogP contribution in [0.3, 0.4) is 0 Å². The number of carbonyl (C=O) groups excluding carboxylic acids is 3. The van der Waals surface area contributed by atoms with Crippen LogP contribution in [0.1, 0.15) is 194 Å². The quantitative estimate of drug-likeness (QED) is 0.0259. The van der Waals surface area contributed by atoms with Gasteiger partial charge in [0, 0.05) is 19.3 Å². The van der Waals surface area contributed by atoms with Crippen LogP contribution in [0.2, 0.25) is 0 Å². The van der Waals surface area contributed by atoms with Crippen LogP contribution in [-0.4, -0.2) is 75.5 Å². The molecule has 0 saturated heterocycles. The molecule has 0 amide bonds. The molecule has 0 rings (SSSR count). The monoisotopic (exact) mass is 906 g/mol. The Bertz CT molecular complexity index is 1380. The number of carboxylic acids is 1. The molecule has 2 atom stereocenters. The molecule has 0 N–H and O–H groups in total. The summed E-state index contributed by atoms with van der Waals surface area (Å²) in [5, 5.41) is 11.7. The SMILES string of the molecule is CC/C=C/C/C=C/C/C=C/C/C=C/C/C=C/C/C=C/C/C=C/CCCC(=O)OCC(COCCC(C(=O)[O-])[N+](C)(C)C)OC(=O)CCCCCCC/C=C/CCCCCCCCCCC. The van der Waals surface area contributed by atoms with E-state index in [1.807, 2.05) is 0 Å². The molecule has 0 radical (unpaired) electrons. The van der Waals surface area contributed by atoms with Crippen LogP contribution in [0.5, 0.6) is 0 Å². The maximum absolute atomic E-state index is 12.8. The third kappa shape index (κ3) is 45.2. The lowest BCUT2D eigenvalue weighted by Gasteiger charge is -2.34. The summed E-state index contributed by atoms with van der Waals surface area (Å²) < 4.78 is 17.2. The van der Waals surface area contributed by atoms with Gasteiger partial charge in [-0.2, -0.15) is 0 Å². The molecule has 0 aromatic rings. The number of esters is 2. The molecule has 0 saturated carbocycles. The second kappa shape index (κ2) is 46.8. The van der Waals surface area contributed by atoms with Gasteiger partial charge >= 0.3 is 11.9 Å². The fourth-order valence-corrected chi connectivity index (χ4v) is 7.00. The maximum Gasteiger partial charge on any atom is 0.306 e. The lowest BCUT2D eigenvalue weighted by molar-refractivity contribution is -0.889. The summed E-state index contributed by atoms with van der Waals surface area (Å²) in [4.78, 5) is 37.0. The molecule has 0 aliphatic carbocycles.